The van der Waals surface area contributed by atoms with E-state index in [0.29, 0.717) is 16.1 Å². The Hall–Kier alpha value is -2.03. The van der Waals surface area contributed by atoms with Gasteiger partial charge >= 0.3 is 0 Å². The number of rotatable bonds is 3. The summed E-state index contributed by atoms with van der Waals surface area (Å²) in [6.45, 7) is 1.87. The number of halogens is 1. The van der Waals surface area contributed by atoms with E-state index in [1.807, 2.05) is 12.3 Å². The molecule has 0 saturated carbocycles. The van der Waals surface area contributed by atoms with Crippen LogP contribution in [-0.4, -0.2) is 17.2 Å². The number of nitrogens with zero attached hydrogens (tertiary/aromatic N) is 2. The third kappa shape index (κ3) is 2.93. The first-order valence-electron chi connectivity index (χ1n) is 5.66. The van der Waals surface area contributed by atoms with Gasteiger partial charge in [-0.1, -0.05) is 11.6 Å². The van der Waals surface area contributed by atoms with Crippen molar-refractivity contribution >= 4 is 34.6 Å². The van der Waals surface area contributed by atoms with Gasteiger partial charge in [0.2, 0.25) is 0 Å². The number of methoxy groups -OCH3 is 1. The number of thiazole rings is 1. The molecule has 0 radical (unpaired) electrons. The second kappa shape index (κ2) is 5.95. The van der Waals surface area contributed by atoms with Crippen molar-refractivity contribution in [3.05, 3.63) is 38.8 Å². The Morgan fingerprint density at radius 1 is 1.55 bits per heavy atom. The fraction of sp³-hybridized carbons (Fsp3) is 0.143. The number of aromatic hydroxyl groups is 1. The number of aromatic nitrogens is 1. The van der Waals surface area contributed by atoms with Crippen LogP contribution in [0.2, 0.25) is 5.02 Å². The molecule has 6 heteroatoms. The zero-order valence-electron chi connectivity index (χ0n) is 10.8. The van der Waals surface area contributed by atoms with Gasteiger partial charge in [-0.2, -0.15) is 5.26 Å². The van der Waals surface area contributed by atoms with Crippen molar-refractivity contribution in [1.82, 2.24) is 4.98 Å². The van der Waals surface area contributed by atoms with Crippen LogP contribution in [-0.2, 0) is 0 Å². The number of aryl methyl sites for hydroxylation is 1. The average Bonchev–Trinajstić information content (AvgIpc) is 2.86. The van der Waals surface area contributed by atoms with E-state index in [1.54, 1.807) is 18.2 Å². The highest BCUT2D eigenvalue weighted by atomic mass is 35.5. The Balaban J connectivity index is 2.48. The zero-order valence-corrected chi connectivity index (χ0v) is 12.4. The molecule has 0 spiro atoms. The molecule has 0 aliphatic heterocycles. The lowest BCUT2D eigenvalue weighted by Gasteiger charge is -2.06. The largest absolute Gasteiger partial charge is 0.503 e. The molecule has 1 N–H and O–H groups in total. The molecule has 0 amide bonds. The molecule has 1 heterocycles. The molecule has 0 unspecified atom stereocenters. The fourth-order valence-electron chi connectivity index (χ4n) is 1.62. The number of benzene rings is 1. The standard InChI is InChI=1S/C14H11ClN2O2S/c1-8-7-20-14(17-8)10(6-16)3-9-4-11(15)13(18)12(5-9)19-2/h3-5,7,18H,1-2H3/b10-3+. The minimum absolute atomic E-state index is 0.116. The summed E-state index contributed by atoms with van der Waals surface area (Å²) in [5, 5.41) is 21.6. The Bertz CT molecular complexity index is 716. The highest BCUT2D eigenvalue weighted by Gasteiger charge is 2.10. The first-order valence-corrected chi connectivity index (χ1v) is 6.91. The van der Waals surface area contributed by atoms with Gasteiger partial charge in [-0.05, 0) is 30.7 Å². The number of phenols is 1. The number of nitriles is 1. The summed E-state index contributed by atoms with van der Waals surface area (Å²) in [7, 11) is 1.44. The van der Waals surface area contributed by atoms with Gasteiger partial charge in [-0.15, -0.1) is 11.3 Å². The van der Waals surface area contributed by atoms with Gasteiger partial charge in [0.15, 0.2) is 11.5 Å². The molecule has 0 saturated heterocycles. The predicted octanol–water partition coefficient (Wildman–Crippen LogP) is 3.88. The molecular formula is C14H11ClN2O2S. The van der Waals surface area contributed by atoms with Gasteiger partial charge in [0.05, 0.1) is 17.7 Å². The van der Waals surface area contributed by atoms with Gasteiger partial charge in [-0.3, -0.25) is 0 Å². The van der Waals surface area contributed by atoms with E-state index >= 15 is 0 Å². The minimum Gasteiger partial charge on any atom is -0.503 e. The van der Waals surface area contributed by atoms with Crippen LogP contribution in [0.25, 0.3) is 11.6 Å². The summed E-state index contributed by atoms with van der Waals surface area (Å²) in [6.07, 6.45) is 1.66. The Labute approximate surface area is 125 Å². The molecular weight excluding hydrogens is 296 g/mol. The van der Waals surface area contributed by atoms with Gasteiger partial charge in [0, 0.05) is 11.1 Å². The van der Waals surface area contributed by atoms with Crippen molar-refractivity contribution in [2.45, 2.75) is 6.92 Å². The van der Waals surface area contributed by atoms with E-state index in [1.165, 1.54) is 18.4 Å². The number of hydrogen-bond acceptors (Lipinski definition) is 5. The smallest absolute Gasteiger partial charge is 0.176 e. The van der Waals surface area contributed by atoms with E-state index in [-0.39, 0.29) is 16.5 Å². The normalized spacial score (nSPS) is 11.2. The molecule has 0 aliphatic rings. The summed E-state index contributed by atoms with van der Waals surface area (Å²) < 4.78 is 5.03. The van der Waals surface area contributed by atoms with Crippen molar-refractivity contribution in [1.29, 1.82) is 5.26 Å². The molecule has 0 bridgehead atoms. The van der Waals surface area contributed by atoms with Crippen molar-refractivity contribution < 1.29 is 9.84 Å². The maximum absolute atomic E-state index is 9.68. The molecule has 2 aromatic rings. The second-order valence-electron chi connectivity index (χ2n) is 4.02. The van der Waals surface area contributed by atoms with Crippen LogP contribution in [0.1, 0.15) is 16.3 Å². The van der Waals surface area contributed by atoms with Crippen LogP contribution < -0.4 is 4.74 Å². The highest BCUT2D eigenvalue weighted by Crippen LogP contribution is 2.36. The average molecular weight is 307 g/mol. The number of ether oxygens (including phenoxy) is 1. The molecule has 4 nitrogen and oxygen atoms in total. The minimum atomic E-state index is -0.116. The topological polar surface area (TPSA) is 66.1 Å². The summed E-state index contributed by atoms with van der Waals surface area (Å²) in [5.41, 5.74) is 1.97. The second-order valence-corrected chi connectivity index (χ2v) is 5.28. The van der Waals surface area contributed by atoms with E-state index in [9.17, 15) is 10.4 Å². The monoisotopic (exact) mass is 306 g/mol. The Morgan fingerprint density at radius 3 is 2.85 bits per heavy atom. The van der Waals surface area contributed by atoms with E-state index in [0.717, 1.165) is 5.69 Å². The fourth-order valence-corrected chi connectivity index (χ4v) is 2.60. The lowest BCUT2D eigenvalue weighted by atomic mass is 10.1. The van der Waals surface area contributed by atoms with Crippen LogP contribution >= 0.6 is 22.9 Å². The highest BCUT2D eigenvalue weighted by molar-refractivity contribution is 7.11. The molecule has 1 aromatic carbocycles. The number of allylic oxidation sites excluding steroid dienone is 1. The molecule has 2 rings (SSSR count). The van der Waals surface area contributed by atoms with Crippen LogP contribution in [0.4, 0.5) is 0 Å². The summed E-state index contributed by atoms with van der Waals surface area (Å²) >= 11 is 7.32. The van der Waals surface area contributed by atoms with Crippen LogP contribution in [0, 0.1) is 18.3 Å². The van der Waals surface area contributed by atoms with E-state index in [2.05, 4.69) is 11.1 Å². The number of hydrogen-bond donors (Lipinski definition) is 1. The Kier molecular flexibility index (Phi) is 4.28. The van der Waals surface area contributed by atoms with Crippen molar-refractivity contribution in [2.75, 3.05) is 7.11 Å². The molecule has 20 heavy (non-hydrogen) atoms. The molecule has 0 atom stereocenters. The summed E-state index contributed by atoms with van der Waals surface area (Å²) in [6, 6.07) is 5.29. The van der Waals surface area contributed by atoms with Gasteiger partial charge < -0.3 is 9.84 Å². The third-order valence-electron chi connectivity index (χ3n) is 2.55. The molecule has 0 fully saturated rings. The van der Waals surface area contributed by atoms with Gasteiger partial charge in [0.25, 0.3) is 0 Å². The van der Waals surface area contributed by atoms with E-state index in [4.69, 9.17) is 16.3 Å². The van der Waals surface area contributed by atoms with Gasteiger partial charge in [0.1, 0.15) is 11.1 Å². The maximum Gasteiger partial charge on any atom is 0.176 e. The SMILES string of the molecule is COc1cc(/C=C(\C#N)c2nc(C)cs2)cc(Cl)c1O. The lowest BCUT2D eigenvalue weighted by Crippen LogP contribution is -1.87. The van der Waals surface area contributed by atoms with Crippen molar-refractivity contribution in [3.8, 4) is 17.6 Å². The first-order chi connectivity index (χ1) is 9.55. The number of phenolic OH excluding ortho intramolecular Hbond substituents is 1. The lowest BCUT2D eigenvalue weighted by molar-refractivity contribution is 0.373. The maximum atomic E-state index is 9.68. The Morgan fingerprint density at radius 2 is 2.30 bits per heavy atom. The van der Waals surface area contributed by atoms with Crippen molar-refractivity contribution in [3.63, 3.8) is 0 Å². The van der Waals surface area contributed by atoms with Crippen molar-refractivity contribution in [2.24, 2.45) is 0 Å². The zero-order chi connectivity index (χ0) is 14.7. The predicted molar refractivity (Wildman–Crippen MR) is 80.0 cm³/mol. The molecule has 102 valence electrons. The van der Waals surface area contributed by atoms with E-state index < -0.39 is 0 Å². The summed E-state index contributed by atoms with van der Waals surface area (Å²) in [5.74, 6) is 0.145. The van der Waals surface area contributed by atoms with Crippen LogP contribution in [0.5, 0.6) is 11.5 Å². The molecule has 1 aromatic heterocycles. The first kappa shape index (κ1) is 14.4. The summed E-state index contributed by atoms with van der Waals surface area (Å²) in [4.78, 5) is 4.27. The van der Waals surface area contributed by atoms with Crippen LogP contribution in [0.3, 0.4) is 0 Å². The molecule has 0 aliphatic carbocycles. The third-order valence-corrected chi connectivity index (χ3v) is 3.83. The van der Waals surface area contributed by atoms with Crippen LogP contribution in [0.15, 0.2) is 17.5 Å². The quantitative estimate of drug-likeness (QED) is 0.874. The van der Waals surface area contributed by atoms with Gasteiger partial charge in [-0.25, -0.2) is 4.98 Å².